The summed E-state index contributed by atoms with van der Waals surface area (Å²) >= 11 is 7.46. The van der Waals surface area contributed by atoms with Crippen molar-refractivity contribution in [1.82, 2.24) is 0 Å². The second kappa shape index (κ2) is 8.85. The van der Waals surface area contributed by atoms with Gasteiger partial charge in [0.05, 0.1) is 17.5 Å². The van der Waals surface area contributed by atoms with Crippen LogP contribution in [0, 0.1) is 0 Å². The smallest absolute Gasteiger partial charge is 0.237 e. The second-order valence-corrected chi connectivity index (χ2v) is 6.76. The summed E-state index contributed by atoms with van der Waals surface area (Å²) in [5.41, 5.74) is 1.85. The van der Waals surface area contributed by atoms with E-state index in [-0.39, 0.29) is 11.2 Å². The van der Waals surface area contributed by atoms with Crippen molar-refractivity contribution in [2.45, 2.75) is 24.9 Å². The van der Waals surface area contributed by atoms with Gasteiger partial charge in [-0.3, -0.25) is 4.79 Å². The molecule has 2 aromatic rings. The van der Waals surface area contributed by atoms with Crippen LogP contribution in [0.25, 0.3) is 0 Å². The van der Waals surface area contributed by atoms with Gasteiger partial charge in [-0.25, -0.2) is 0 Å². The van der Waals surface area contributed by atoms with E-state index in [9.17, 15) is 4.79 Å². The van der Waals surface area contributed by atoms with Crippen LogP contribution < -0.4 is 10.1 Å². The molecule has 3 nitrogen and oxygen atoms in total. The van der Waals surface area contributed by atoms with Crippen LogP contribution in [0.5, 0.6) is 5.75 Å². The van der Waals surface area contributed by atoms with E-state index in [4.69, 9.17) is 16.3 Å². The second-order valence-electron chi connectivity index (χ2n) is 5.00. The molecule has 122 valence electrons. The summed E-state index contributed by atoms with van der Waals surface area (Å²) in [7, 11) is 0. The first-order chi connectivity index (χ1) is 11.1. The molecule has 0 aliphatic rings. The molecule has 0 aliphatic carbocycles. The maximum atomic E-state index is 12.3. The number of benzene rings is 2. The molecule has 5 heteroatoms. The molecule has 0 aromatic heterocycles. The third-order valence-corrected chi connectivity index (χ3v) is 4.69. The number of ether oxygens (including phenoxy) is 1. The van der Waals surface area contributed by atoms with Gasteiger partial charge in [-0.15, -0.1) is 11.8 Å². The van der Waals surface area contributed by atoms with E-state index in [1.165, 1.54) is 0 Å². The fourth-order valence-electron chi connectivity index (χ4n) is 1.96. The molecular weight excluding hydrogens is 330 g/mol. The fraction of sp³-hybridized carbons (Fsp3) is 0.278. The number of para-hydroxylation sites is 2. The monoisotopic (exact) mass is 349 g/mol. The molecule has 0 heterocycles. The van der Waals surface area contributed by atoms with Crippen LogP contribution in [0.3, 0.4) is 0 Å². The molecule has 1 N–H and O–H groups in total. The quantitative estimate of drug-likeness (QED) is 0.764. The minimum absolute atomic E-state index is 0.0314. The summed E-state index contributed by atoms with van der Waals surface area (Å²) in [6.07, 6.45) is 0. The number of rotatable bonds is 7. The third-order valence-electron chi connectivity index (χ3n) is 3.23. The van der Waals surface area contributed by atoms with Gasteiger partial charge >= 0.3 is 0 Å². The van der Waals surface area contributed by atoms with Gasteiger partial charge in [-0.05, 0) is 43.7 Å². The SMILES string of the molecule is CCOc1ccccc1NC(=O)[C@H](C)SCc1ccc(Cl)cc1. The number of hydrogen-bond donors (Lipinski definition) is 1. The highest BCUT2D eigenvalue weighted by Crippen LogP contribution is 2.26. The number of carbonyl (C=O) groups excluding carboxylic acids is 1. The van der Waals surface area contributed by atoms with Crippen molar-refractivity contribution in [2.24, 2.45) is 0 Å². The maximum absolute atomic E-state index is 12.3. The number of thioether (sulfide) groups is 1. The average Bonchev–Trinajstić information content (AvgIpc) is 2.56. The van der Waals surface area contributed by atoms with Crippen LogP contribution in [0.1, 0.15) is 19.4 Å². The minimum Gasteiger partial charge on any atom is -0.492 e. The van der Waals surface area contributed by atoms with Gasteiger partial charge in [0.1, 0.15) is 5.75 Å². The summed E-state index contributed by atoms with van der Waals surface area (Å²) in [4.78, 5) is 12.3. The van der Waals surface area contributed by atoms with E-state index in [2.05, 4.69) is 5.32 Å². The maximum Gasteiger partial charge on any atom is 0.237 e. The van der Waals surface area contributed by atoms with Crippen LogP contribution in [0.4, 0.5) is 5.69 Å². The summed E-state index contributed by atoms with van der Waals surface area (Å²) in [5, 5.41) is 3.49. The lowest BCUT2D eigenvalue weighted by atomic mass is 10.2. The molecule has 2 rings (SSSR count). The molecule has 0 spiro atoms. The number of nitrogens with one attached hydrogen (secondary N) is 1. The van der Waals surface area contributed by atoms with Gasteiger partial charge in [-0.1, -0.05) is 35.9 Å². The van der Waals surface area contributed by atoms with Crippen LogP contribution >= 0.6 is 23.4 Å². The Morgan fingerprint density at radius 1 is 1.22 bits per heavy atom. The van der Waals surface area contributed by atoms with E-state index in [1.54, 1.807) is 11.8 Å². The van der Waals surface area contributed by atoms with E-state index < -0.39 is 0 Å². The first-order valence-electron chi connectivity index (χ1n) is 7.49. The zero-order valence-corrected chi connectivity index (χ0v) is 14.8. The van der Waals surface area contributed by atoms with Gasteiger partial charge in [0, 0.05) is 10.8 Å². The number of anilines is 1. The zero-order valence-electron chi connectivity index (χ0n) is 13.2. The predicted octanol–water partition coefficient (Wildman–Crippen LogP) is 5.00. The summed E-state index contributed by atoms with van der Waals surface area (Å²) in [5.74, 6) is 1.42. The highest BCUT2D eigenvalue weighted by molar-refractivity contribution is 7.99. The average molecular weight is 350 g/mol. The largest absolute Gasteiger partial charge is 0.492 e. The molecule has 0 bridgehead atoms. The number of hydrogen-bond acceptors (Lipinski definition) is 3. The van der Waals surface area contributed by atoms with Gasteiger partial charge in [0.25, 0.3) is 0 Å². The number of amides is 1. The van der Waals surface area contributed by atoms with Crippen molar-refractivity contribution in [3.8, 4) is 5.75 Å². The molecule has 0 saturated heterocycles. The molecular formula is C18H20ClNO2S. The van der Waals surface area contributed by atoms with Gasteiger partial charge in [0.2, 0.25) is 5.91 Å². The van der Waals surface area contributed by atoms with Crippen molar-refractivity contribution in [1.29, 1.82) is 0 Å². The van der Waals surface area contributed by atoms with E-state index >= 15 is 0 Å². The minimum atomic E-state index is -0.166. The third kappa shape index (κ3) is 5.48. The van der Waals surface area contributed by atoms with Gasteiger partial charge in [0.15, 0.2) is 0 Å². The molecule has 0 saturated carbocycles. The molecule has 0 aliphatic heterocycles. The van der Waals surface area contributed by atoms with Crippen molar-refractivity contribution in [3.05, 3.63) is 59.1 Å². The topological polar surface area (TPSA) is 38.3 Å². The Bertz CT molecular complexity index is 646. The van der Waals surface area contributed by atoms with Crippen molar-refractivity contribution in [3.63, 3.8) is 0 Å². The number of halogens is 1. The Hall–Kier alpha value is -1.65. The van der Waals surface area contributed by atoms with E-state index in [0.29, 0.717) is 18.0 Å². The zero-order chi connectivity index (χ0) is 16.7. The van der Waals surface area contributed by atoms with E-state index in [0.717, 1.165) is 16.3 Å². The fourth-order valence-corrected chi connectivity index (χ4v) is 2.93. The van der Waals surface area contributed by atoms with Crippen LogP contribution in [-0.4, -0.2) is 17.8 Å². The standard InChI is InChI=1S/C18H20ClNO2S/c1-3-22-17-7-5-4-6-16(17)20-18(21)13(2)23-12-14-8-10-15(19)11-9-14/h4-11,13H,3,12H2,1-2H3,(H,20,21)/t13-/m0/s1. The van der Waals surface area contributed by atoms with E-state index in [1.807, 2.05) is 62.4 Å². The Morgan fingerprint density at radius 3 is 2.61 bits per heavy atom. The summed E-state index contributed by atoms with van der Waals surface area (Å²) in [6.45, 7) is 4.39. The van der Waals surface area contributed by atoms with Crippen molar-refractivity contribution in [2.75, 3.05) is 11.9 Å². The van der Waals surface area contributed by atoms with Gasteiger partial charge in [-0.2, -0.15) is 0 Å². The molecule has 0 unspecified atom stereocenters. The van der Waals surface area contributed by atoms with Crippen molar-refractivity contribution < 1.29 is 9.53 Å². The number of carbonyl (C=O) groups is 1. The molecule has 1 atom stereocenters. The lowest BCUT2D eigenvalue weighted by Gasteiger charge is -2.15. The molecule has 1 amide bonds. The molecule has 0 radical (unpaired) electrons. The molecule has 23 heavy (non-hydrogen) atoms. The Kier molecular flexibility index (Phi) is 6.81. The molecule has 0 fully saturated rings. The Morgan fingerprint density at radius 2 is 1.91 bits per heavy atom. The normalized spacial score (nSPS) is 11.8. The highest BCUT2D eigenvalue weighted by atomic mass is 35.5. The van der Waals surface area contributed by atoms with Crippen LogP contribution in [0.2, 0.25) is 5.02 Å². The first-order valence-corrected chi connectivity index (χ1v) is 8.91. The van der Waals surface area contributed by atoms with Gasteiger partial charge < -0.3 is 10.1 Å². The van der Waals surface area contributed by atoms with Crippen LogP contribution in [-0.2, 0) is 10.5 Å². The lowest BCUT2D eigenvalue weighted by molar-refractivity contribution is -0.115. The predicted molar refractivity (Wildman–Crippen MR) is 98.4 cm³/mol. The Labute approximate surface area is 146 Å². The van der Waals surface area contributed by atoms with Crippen LogP contribution in [0.15, 0.2) is 48.5 Å². The summed E-state index contributed by atoms with van der Waals surface area (Å²) in [6, 6.07) is 15.1. The van der Waals surface area contributed by atoms with Crippen molar-refractivity contribution >= 4 is 35.0 Å². The summed E-state index contributed by atoms with van der Waals surface area (Å²) < 4.78 is 5.52. The Balaban J connectivity index is 1.91. The first kappa shape index (κ1) is 17.7. The lowest BCUT2D eigenvalue weighted by Crippen LogP contribution is -2.23. The highest BCUT2D eigenvalue weighted by Gasteiger charge is 2.15. The molecule has 2 aromatic carbocycles.